The topological polar surface area (TPSA) is 46.9 Å². The molecular weight excluding hydrogens is 178 g/mol. The van der Waals surface area contributed by atoms with E-state index in [-0.39, 0.29) is 12.1 Å². The van der Waals surface area contributed by atoms with Crippen molar-refractivity contribution in [2.24, 2.45) is 5.92 Å². The summed E-state index contributed by atoms with van der Waals surface area (Å²) in [6, 6.07) is 0.118. The smallest absolute Gasteiger partial charge is 0.327 e. The summed E-state index contributed by atoms with van der Waals surface area (Å²) < 4.78 is 1.45. The first kappa shape index (κ1) is 10.8. The summed E-state index contributed by atoms with van der Waals surface area (Å²) >= 11 is 0. The Kier molecular flexibility index (Phi) is 3.68. The minimum atomic E-state index is -0.108. The van der Waals surface area contributed by atoms with Crippen LogP contribution in [0.3, 0.4) is 0 Å². The number of hydrogen-bond acceptors (Lipinski definition) is 2. The lowest BCUT2D eigenvalue weighted by Gasteiger charge is -2.20. The molecule has 78 valence electrons. The van der Waals surface area contributed by atoms with Crippen LogP contribution in [0.2, 0.25) is 0 Å². The monoisotopic (exact) mass is 195 g/mol. The van der Waals surface area contributed by atoms with Crippen LogP contribution < -0.4 is 5.32 Å². The predicted molar refractivity (Wildman–Crippen MR) is 55.1 cm³/mol. The van der Waals surface area contributed by atoms with Gasteiger partial charge in [-0.05, 0) is 12.3 Å². The first-order valence-electron chi connectivity index (χ1n) is 4.94. The average Bonchev–Trinajstić information content (AvgIpc) is 2.65. The quantitative estimate of drug-likeness (QED) is 0.800. The number of hydrogen-bond donors (Lipinski definition) is 1. The number of nitrogens with one attached hydrogen (secondary N) is 1. The molecule has 1 amide bonds. The highest BCUT2D eigenvalue weighted by molar-refractivity contribution is 5.76. The summed E-state index contributed by atoms with van der Waals surface area (Å²) in [6.07, 6.45) is 5.68. The Morgan fingerprint density at radius 3 is 2.71 bits per heavy atom. The number of carbonyl (C=O) groups is 1. The molecule has 4 heteroatoms. The summed E-state index contributed by atoms with van der Waals surface area (Å²) in [6.45, 7) is 6.27. The molecule has 0 radical (unpaired) electrons. The first-order chi connectivity index (χ1) is 6.65. The third-order valence-corrected chi connectivity index (χ3v) is 2.29. The minimum Gasteiger partial charge on any atom is -0.334 e. The maximum absolute atomic E-state index is 11.6. The van der Waals surface area contributed by atoms with Crippen molar-refractivity contribution in [1.82, 2.24) is 14.9 Å². The van der Waals surface area contributed by atoms with Gasteiger partial charge in [0.2, 0.25) is 0 Å². The fourth-order valence-electron chi connectivity index (χ4n) is 1.35. The van der Waals surface area contributed by atoms with E-state index in [4.69, 9.17) is 0 Å². The molecule has 0 fully saturated rings. The van der Waals surface area contributed by atoms with Gasteiger partial charge in [-0.3, -0.25) is 4.57 Å². The average molecular weight is 195 g/mol. The number of nitrogens with zero attached hydrogens (tertiary/aromatic N) is 2. The first-order valence-corrected chi connectivity index (χ1v) is 4.94. The molecule has 0 aliphatic carbocycles. The molecule has 1 aromatic heterocycles. The molecule has 0 aliphatic heterocycles. The zero-order chi connectivity index (χ0) is 10.6. The van der Waals surface area contributed by atoms with Crippen molar-refractivity contribution in [3.63, 3.8) is 0 Å². The lowest BCUT2D eigenvalue weighted by Crippen LogP contribution is -2.40. The molecular formula is C10H17N3O. The Balaban J connectivity index is 2.56. The fraction of sp³-hybridized carbons (Fsp3) is 0.600. The van der Waals surface area contributed by atoms with Crippen molar-refractivity contribution < 1.29 is 4.79 Å². The number of aromatic nitrogens is 2. The van der Waals surface area contributed by atoms with Gasteiger partial charge in [-0.15, -0.1) is 0 Å². The number of rotatable bonds is 3. The Hall–Kier alpha value is -1.32. The minimum absolute atomic E-state index is 0.108. The molecule has 14 heavy (non-hydrogen) atoms. The Labute approximate surface area is 84.3 Å². The SMILES string of the molecule is CCC(NC(=O)n1ccnc1)C(C)C. The lowest BCUT2D eigenvalue weighted by molar-refractivity contribution is 0.233. The highest BCUT2D eigenvalue weighted by Crippen LogP contribution is 2.05. The van der Waals surface area contributed by atoms with Crippen LogP contribution >= 0.6 is 0 Å². The van der Waals surface area contributed by atoms with Gasteiger partial charge < -0.3 is 5.32 Å². The van der Waals surface area contributed by atoms with Gasteiger partial charge in [0.15, 0.2) is 0 Å². The van der Waals surface area contributed by atoms with E-state index < -0.39 is 0 Å². The summed E-state index contributed by atoms with van der Waals surface area (Å²) in [5.41, 5.74) is 0. The Morgan fingerprint density at radius 2 is 2.29 bits per heavy atom. The predicted octanol–water partition coefficient (Wildman–Crippen LogP) is 1.88. The Bertz CT molecular complexity index is 280. The van der Waals surface area contributed by atoms with Crippen LogP contribution in [0.5, 0.6) is 0 Å². The van der Waals surface area contributed by atoms with E-state index in [1.165, 1.54) is 10.9 Å². The molecule has 0 spiro atoms. The van der Waals surface area contributed by atoms with Gasteiger partial charge in [-0.25, -0.2) is 9.78 Å². The third kappa shape index (κ3) is 2.58. The molecule has 1 rings (SSSR count). The zero-order valence-corrected chi connectivity index (χ0v) is 8.90. The molecule has 0 aromatic carbocycles. The molecule has 1 unspecified atom stereocenters. The second kappa shape index (κ2) is 4.79. The van der Waals surface area contributed by atoms with Crippen LogP contribution in [-0.2, 0) is 0 Å². The summed E-state index contributed by atoms with van der Waals surface area (Å²) in [5, 5.41) is 2.95. The van der Waals surface area contributed by atoms with E-state index in [9.17, 15) is 4.79 Å². The van der Waals surface area contributed by atoms with Gasteiger partial charge in [0, 0.05) is 18.4 Å². The fourth-order valence-corrected chi connectivity index (χ4v) is 1.35. The number of carbonyl (C=O) groups excluding carboxylic acids is 1. The number of imidazole rings is 1. The molecule has 1 atom stereocenters. The van der Waals surface area contributed by atoms with Crippen molar-refractivity contribution in [1.29, 1.82) is 0 Å². The summed E-state index contributed by atoms with van der Waals surface area (Å²) in [5.74, 6) is 0.451. The maximum Gasteiger partial charge on any atom is 0.327 e. The van der Waals surface area contributed by atoms with Crippen LogP contribution in [0.25, 0.3) is 0 Å². The maximum atomic E-state index is 11.6. The molecule has 1 heterocycles. The normalized spacial score (nSPS) is 12.9. The Morgan fingerprint density at radius 1 is 1.57 bits per heavy atom. The molecule has 1 aromatic rings. The zero-order valence-electron chi connectivity index (χ0n) is 8.90. The van der Waals surface area contributed by atoms with E-state index in [1.54, 1.807) is 12.4 Å². The van der Waals surface area contributed by atoms with E-state index in [1.807, 2.05) is 0 Å². The van der Waals surface area contributed by atoms with Crippen molar-refractivity contribution >= 4 is 6.03 Å². The van der Waals surface area contributed by atoms with Gasteiger partial charge in [0.25, 0.3) is 0 Å². The van der Waals surface area contributed by atoms with E-state index in [0.29, 0.717) is 5.92 Å². The third-order valence-electron chi connectivity index (χ3n) is 2.29. The van der Waals surface area contributed by atoms with Gasteiger partial charge >= 0.3 is 6.03 Å². The van der Waals surface area contributed by atoms with Crippen molar-refractivity contribution in [3.05, 3.63) is 18.7 Å². The summed E-state index contributed by atoms with van der Waals surface area (Å²) in [4.78, 5) is 15.4. The summed E-state index contributed by atoms with van der Waals surface area (Å²) in [7, 11) is 0. The van der Waals surface area contributed by atoms with Crippen molar-refractivity contribution in [2.45, 2.75) is 33.2 Å². The van der Waals surface area contributed by atoms with Crippen LogP contribution in [-0.4, -0.2) is 21.6 Å². The highest BCUT2D eigenvalue weighted by Gasteiger charge is 2.14. The van der Waals surface area contributed by atoms with E-state index in [2.05, 4.69) is 31.1 Å². The van der Waals surface area contributed by atoms with Crippen LogP contribution in [0.4, 0.5) is 4.79 Å². The molecule has 1 N–H and O–H groups in total. The van der Waals surface area contributed by atoms with Gasteiger partial charge in [-0.1, -0.05) is 20.8 Å². The lowest BCUT2D eigenvalue weighted by atomic mass is 10.0. The van der Waals surface area contributed by atoms with Crippen LogP contribution in [0.15, 0.2) is 18.7 Å². The molecule has 4 nitrogen and oxygen atoms in total. The van der Waals surface area contributed by atoms with Gasteiger partial charge in [0.05, 0.1) is 0 Å². The van der Waals surface area contributed by atoms with Crippen LogP contribution in [0.1, 0.15) is 27.2 Å². The van der Waals surface area contributed by atoms with E-state index in [0.717, 1.165) is 6.42 Å². The molecule has 0 aliphatic rings. The second-order valence-corrected chi connectivity index (χ2v) is 3.68. The van der Waals surface area contributed by atoms with Crippen LogP contribution in [0, 0.1) is 5.92 Å². The molecule has 0 saturated heterocycles. The molecule has 0 saturated carbocycles. The second-order valence-electron chi connectivity index (χ2n) is 3.68. The van der Waals surface area contributed by atoms with Gasteiger partial charge in [0.1, 0.15) is 6.33 Å². The van der Waals surface area contributed by atoms with E-state index >= 15 is 0 Å². The largest absolute Gasteiger partial charge is 0.334 e. The van der Waals surface area contributed by atoms with Crippen molar-refractivity contribution in [2.75, 3.05) is 0 Å². The molecule has 0 bridgehead atoms. The van der Waals surface area contributed by atoms with Gasteiger partial charge in [-0.2, -0.15) is 0 Å². The highest BCUT2D eigenvalue weighted by atomic mass is 16.2. The van der Waals surface area contributed by atoms with Crippen molar-refractivity contribution in [3.8, 4) is 0 Å². The number of amides is 1. The standard InChI is InChI=1S/C10H17N3O/c1-4-9(8(2)3)12-10(14)13-6-5-11-7-13/h5-9H,4H2,1-3H3,(H,12,14).